The highest BCUT2D eigenvalue weighted by molar-refractivity contribution is 7.89. The first-order valence-corrected chi connectivity index (χ1v) is 15.5. The van der Waals surface area contributed by atoms with Crippen molar-refractivity contribution in [1.82, 2.24) is 14.5 Å². The average Bonchev–Trinajstić information content (AvgIpc) is 2.84. The fourth-order valence-electron chi connectivity index (χ4n) is 5.47. The number of rotatable bonds is 9. The van der Waals surface area contributed by atoms with Gasteiger partial charge in [0.15, 0.2) is 0 Å². The van der Waals surface area contributed by atoms with Gasteiger partial charge in [-0.2, -0.15) is 0 Å². The Morgan fingerprint density at radius 2 is 1.32 bits per heavy atom. The molecule has 0 saturated carbocycles. The molecule has 2 heterocycles. The molecule has 37 heavy (non-hydrogen) atoms. The van der Waals surface area contributed by atoms with E-state index in [1.54, 1.807) is 18.2 Å². The molecule has 2 aliphatic rings. The third kappa shape index (κ3) is 9.88. The number of benzene rings is 1. The second-order valence-electron chi connectivity index (χ2n) is 11.3. The monoisotopic (exact) mass is 540 g/mol. The van der Waals surface area contributed by atoms with E-state index in [1.807, 2.05) is 13.8 Å². The van der Waals surface area contributed by atoms with Crippen molar-refractivity contribution in [2.45, 2.75) is 121 Å². The molecular weight excluding hydrogens is 488 g/mol. The first-order valence-electron chi connectivity index (χ1n) is 14.0. The van der Waals surface area contributed by atoms with Crippen molar-refractivity contribution in [3.05, 3.63) is 29.3 Å². The van der Waals surface area contributed by atoms with Crippen LogP contribution in [0.5, 0.6) is 0 Å². The van der Waals surface area contributed by atoms with E-state index in [-0.39, 0.29) is 17.5 Å². The van der Waals surface area contributed by atoms with Crippen molar-refractivity contribution < 1.29 is 18.6 Å². The molecule has 6 atom stereocenters. The summed E-state index contributed by atoms with van der Waals surface area (Å²) in [6, 6.07) is 7.14. The molecule has 0 aromatic heterocycles. The van der Waals surface area contributed by atoms with Gasteiger partial charge in [-0.3, -0.25) is 9.80 Å². The Bertz CT molecular complexity index is 909. The Hall–Kier alpha value is -1.07. The predicted octanol–water partition coefficient (Wildman–Crippen LogP) is 2.77. The van der Waals surface area contributed by atoms with Crippen molar-refractivity contribution >= 4 is 10.0 Å². The average molecular weight is 541 g/mol. The van der Waals surface area contributed by atoms with Crippen LogP contribution in [0, 0.1) is 13.8 Å². The minimum Gasteiger partial charge on any atom is -0.390 e. The lowest BCUT2D eigenvalue weighted by molar-refractivity contribution is 0.0438. The van der Waals surface area contributed by atoms with Crippen LogP contribution in [0.15, 0.2) is 23.1 Å². The number of nitrogens with two attached hydrogens (primary N) is 1. The lowest BCUT2D eigenvalue weighted by atomic mass is 9.97. The van der Waals surface area contributed by atoms with Crippen molar-refractivity contribution in [3.8, 4) is 0 Å². The molecule has 8 nitrogen and oxygen atoms in total. The van der Waals surface area contributed by atoms with E-state index in [4.69, 9.17) is 5.73 Å². The molecule has 9 heteroatoms. The molecule has 2 fully saturated rings. The molecule has 5 N–H and O–H groups in total. The molecule has 0 unspecified atom stereocenters. The quantitative estimate of drug-likeness (QED) is 0.380. The summed E-state index contributed by atoms with van der Waals surface area (Å²) < 4.78 is 27.3. The summed E-state index contributed by atoms with van der Waals surface area (Å²) in [5.41, 5.74) is 7.40. The van der Waals surface area contributed by atoms with Gasteiger partial charge in [-0.15, -0.1) is 0 Å². The van der Waals surface area contributed by atoms with Crippen LogP contribution in [0.3, 0.4) is 0 Å². The van der Waals surface area contributed by atoms with E-state index >= 15 is 0 Å². The lowest BCUT2D eigenvalue weighted by Crippen LogP contribution is -2.49. The maximum atomic E-state index is 12.4. The van der Waals surface area contributed by atoms with E-state index in [0.717, 1.165) is 30.5 Å². The number of aryl methyl sites for hydroxylation is 2. The van der Waals surface area contributed by atoms with Crippen LogP contribution in [0.25, 0.3) is 0 Å². The van der Waals surface area contributed by atoms with Gasteiger partial charge < -0.3 is 15.9 Å². The molecule has 3 rings (SSSR count). The first-order chi connectivity index (χ1) is 17.4. The van der Waals surface area contributed by atoms with Crippen LogP contribution in [-0.4, -0.2) is 91.0 Å². The molecule has 0 spiro atoms. The number of nitrogens with zero attached hydrogens (tertiary/aromatic N) is 2. The van der Waals surface area contributed by atoms with Crippen LogP contribution in [0.2, 0.25) is 0 Å². The predicted molar refractivity (Wildman–Crippen MR) is 151 cm³/mol. The van der Waals surface area contributed by atoms with Gasteiger partial charge in [0.25, 0.3) is 0 Å². The Balaban J connectivity index is 0.000000312. The van der Waals surface area contributed by atoms with Crippen LogP contribution in [0.4, 0.5) is 0 Å². The smallest absolute Gasteiger partial charge is 0.240 e. The highest BCUT2D eigenvalue weighted by Gasteiger charge is 2.27. The number of nitrogens with one attached hydrogen (secondary N) is 1. The molecule has 0 aliphatic carbocycles. The minimum absolute atomic E-state index is 0.0329. The van der Waals surface area contributed by atoms with Gasteiger partial charge in [0.05, 0.1) is 17.1 Å². The van der Waals surface area contributed by atoms with Crippen LogP contribution in [0.1, 0.15) is 77.3 Å². The molecule has 0 amide bonds. The van der Waals surface area contributed by atoms with E-state index in [1.165, 1.54) is 25.7 Å². The molecule has 2 aliphatic heterocycles. The summed E-state index contributed by atoms with van der Waals surface area (Å²) in [7, 11) is -3.59. The molecular formula is C28H52N4O4S. The van der Waals surface area contributed by atoms with Crippen molar-refractivity contribution in [2.75, 3.05) is 26.2 Å². The number of sulfonamides is 1. The Labute approximate surface area is 225 Å². The standard InChI is InChI=1S/C18H30N2O3S.C10H22N2O/c1-13-8-9-18(10-14(13)2)24(22,23)19-11-17(21)12-20-15(3)6-5-7-16(20)4;1-8-4-3-5-9(2)12(8)7-10(13)6-11/h8-10,15-17,19,21H,5-7,11-12H2,1-4H3;8-10,13H,3-7,11H2,1-2H3/t15-,16+,17-;8-,9+,10-/m00/s1. The van der Waals surface area contributed by atoms with E-state index in [2.05, 4.69) is 42.2 Å². The molecule has 2 saturated heterocycles. The minimum atomic E-state index is -3.59. The first kappa shape index (κ1) is 32.1. The van der Waals surface area contributed by atoms with Crippen molar-refractivity contribution in [2.24, 2.45) is 5.73 Å². The Morgan fingerprint density at radius 3 is 1.76 bits per heavy atom. The van der Waals surface area contributed by atoms with E-state index < -0.39 is 16.1 Å². The zero-order valence-electron chi connectivity index (χ0n) is 23.9. The maximum absolute atomic E-state index is 12.4. The van der Waals surface area contributed by atoms with Gasteiger partial charge in [-0.05, 0) is 90.5 Å². The Morgan fingerprint density at radius 1 is 0.865 bits per heavy atom. The lowest BCUT2D eigenvalue weighted by Gasteiger charge is -2.40. The fourth-order valence-corrected chi connectivity index (χ4v) is 6.62. The summed E-state index contributed by atoms with van der Waals surface area (Å²) >= 11 is 0. The third-order valence-corrected chi connectivity index (χ3v) is 9.59. The largest absolute Gasteiger partial charge is 0.390 e. The summed E-state index contributed by atoms with van der Waals surface area (Å²) in [5.74, 6) is 0. The third-order valence-electron chi connectivity index (χ3n) is 8.17. The van der Waals surface area contributed by atoms with Gasteiger partial charge in [-0.1, -0.05) is 18.9 Å². The number of β-amino-alcohol motifs (C(OH)–C–C–N with tert-alkyl or cyclic N) is 2. The van der Waals surface area contributed by atoms with Gasteiger partial charge in [0, 0.05) is 50.3 Å². The SMILES string of the molecule is C[C@@H]1CCC[C@H](C)N1C[C@@H](O)CN.Cc1ccc(S(=O)(=O)NC[C@H](O)CN2[C@H](C)CCC[C@@H]2C)cc1C. The van der Waals surface area contributed by atoms with Crippen LogP contribution >= 0.6 is 0 Å². The Kier molecular flexibility index (Phi) is 13.0. The van der Waals surface area contributed by atoms with Crippen LogP contribution < -0.4 is 10.5 Å². The molecule has 1 aromatic rings. The van der Waals surface area contributed by atoms with Gasteiger partial charge >= 0.3 is 0 Å². The normalized spacial score (nSPS) is 27.3. The second-order valence-corrected chi connectivity index (χ2v) is 13.1. The van der Waals surface area contributed by atoms with Gasteiger partial charge in [-0.25, -0.2) is 13.1 Å². The second kappa shape index (κ2) is 14.9. The molecule has 0 radical (unpaired) electrons. The fraction of sp³-hybridized carbons (Fsp3) is 0.786. The molecule has 0 bridgehead atoms. The zero-order valence-corrected chi connectivity index (χ0v) is 24.7. The number of likely N-dealkylation sites (tertiary alicyclic amines) is 2. The van der Waals surface area contributed by atoms with Crippen molar-refractivity contribution in [1.29, 1.82) is 0 Å². The number of piperidine rings is 2. The van der Waals surface area contributed by atoms with Gasteiger partial charge in [0.1, 0.15) is 0 Å². The topological polar surface area (TPSA) is 119 Å². The van der Waals surface area contributed by atoms with E-state index in [9.17, 15) is 18.6 Å². The molecule has 1 aromatic carbocycles. The number of aliphatic hydroxyl groups is 2. The highest BCUT2D eigenvalue weighted by atomic mass is 32.2. The highest BCUT2D eigenvalue weighted by Crippen LogP contribution is 2.23. The maximum Gasteiger partial charge on any atom is 0.240 e. The summed E-state index contributed by atoms with van der Waals surface area (Å²) in [6.07, 6.45) is 6.23. The van der Waals surface area contributed by atoms with E-state index in [0.29, 0.717) is 37.3 Å². The van der Waals surface area contributed by atoms with Gasteiger partial charge in [0.2, 0.25) is 10.0 Å². The summed E-state index contributed by atoms with van der Waals surface area (Å²) in [4.78, 5) is 4.90. The van der Waals surface area contributed by atoms with Crippen molar-refractivity contribution in [3.63, 3.8) is 0 Å². The summed E-state index contributed by atoms with van der Waals surface area (Å²) in [6.45, 7) is 14.3. The summed E-state index contributed by atoms with van der Waals surface area (Å²) in [5, 5.41) is 19.8. The zero-order chi connectivity index (χ0) is 27.8. The number of aliphatic hydroxyl groups excluding tert-OH is 2. The van der Waals surface area contributed by atoms with Crippen LogP contribution in [-0.2, 0) is 10.0 Å². The number of hydrogen-bond donors (Lipinski definition) is 4. The number of hydrogen-bond acceptors (Lipinski definition) is 7. The molecule has 214 valence electrons.